The molecule has 0 aliphatic rings. The van der Waals surface area contributed by atoms with E-state index in [2.05, 4.69) is 4.74 Å². The number of carbonyl (C=O) groups is 2. The largest absolute Gasteiger partial charge is 0.451 e. The van der Waals surface area contributed by atoms with E-state index >= 15 is 0 Å². The summed E-state index contributed by atoms with van der Waals surface area (Å²) in [5, 5.41) is 10.8. The number of anilines is 1. The van der Waals surface area contributed by atoms with Crippen LogP contribution in [0.3, 0.4) is 0 Å². The van der Waals surface area contributed by atoms with E-state index in [0.29, 0.717) is 0 Å². The zero-order chi connectivity index (χ0) is 20.1. The van der Waals surface area contributed by atoms with Crippen LogP contribution < -0.4 is 10.5 Å². The number of alkyl halides is 2. The van der Waals surface area contributed by atoms with Crippen molar-refractivity contribution >= 4 is 23.1 Å². The molecule has 0 aromatic heterocycles. The molecule has 142 valence electrons. The molecule has 0 aliphatic carbocycles. The van der Waals surface area contributed by atoms with E-state index in [1.165, 1.54) is 37.3 Å². The Kier molecular flexibility index (Phi) is 6.01. The standard InChI is InChI=1S/C17H14F2N2O6/c1-9(15(22)10-2-5-12(6-3-10)27-17(18)19)26-16(23)13-8-11(21(24)25)4-7-14(13)20/h2-9,17H,20H2,1H3/t9-/m1/s1. The molecule has 2 aromatic rings. The van der Waals surface area contributed by atoms with Crippen LogP contribution in [-0.2, 0) is 4.74 Å². The van der Waals surface area contributed by atoms with Crippen LogP contribution in [0.25, 0.3) is 0 Å². The topological polar surface area (TPSA) is 122 Å². The molecule has 0 aliphatic heterocycles. The van der Waals surface area contributed by atoms with Gasteiger partial charge in [0.1, 0.15) is 5.75 Å². The van der Waals surface area contributed by atoms with Gasteiger partial charge in [0, 0.05) is 23.4 Å². The van der Waals surface area contributed by atoms with Gasteiger partial charge in [-0.15, -0.1) is 0 Å². The lowest BCUT2D eigenvalue weighted by molar-refractivity contribution is -0.384. The first-order valence-corrected chi connectivity index (χ1v) is 7.53. The van der Waals surface area contributed by atoms with Crippen LogP contribution in [0.4, 0.5) is 20.2 Å². The number of hydrogen-bond acceptors (Lipinski definition) is 7. The molecule has 0 heterocycles. The first-order valence-electron chi connectivity index (χ1n) is 7.53. The minimum Gasteiger partial charge on any atom is -0.451 e. The van der Waals surface area contributed by atoms with E-state index in [1.54, 1.807) is 0 Å². The molecular weight excluding hydrogens is 366 g/mol. The van der Waals surface area contributed by atoms with E-state index < -0.39 is 29.4 Å². The van der Waals surface area contributed by atoms with E-state index in [1.807, 2.05) is 0 Å². The summed E-state index contributed by atoms with van der Waals surface area (Å²) in [7, 11) is 0. The number of nitrogens with two attached hydrogens (primary N) is 1. The summed E-state index contributed by atoms with van der Waals surface area (Å²) in [6, 6.07) is 8.09. The lowest BCUT2D eigenvalue weighted by Gasteiger charge is -2.13. The van der Waals surface area contributed by atoms with Crippen molar-refractivity contribution in [2.75, 3.05) is 5.73 Å². The Morgan fingerprint density at radius 2 is 1.78 bits per heavy atom. The molecule has 0 saturated heterocycles. The van der Waals surface area contributed by atoms with Gasteiger partial charge >= 0.3 is 12.6 Å². The molecule has 0 amide bonds. The number of nitrogen functional groups attached to an aromatic ring is 1. The molecule has 2 aromatic carbocycles. The van der Waals surface area contributed by atoms with Crippen LogP contribution in [0.15, 0.2) is 42.5 Å². The number of hydrogen-bond donors (Lipinski definition) is 1. The number of ketones is 1. The quantitative estimate of drug-likeness (QED) is 0.257. The third-order valence-corrected chi connectivity index (χ3v) is 3.48. The molecule has 0 spiro atoms. The molecular formula is C17H14F2N2O6. The third-order valence-electron chi connectivity index (χ3n) is 3.48. The number of carbonyl (C=O) groups excluding carboxylic acids is 2. The molecule has 8 nitrogen and oxygen atoms in total. The van der Waals surface area contributed by atoms with E-state index in [0.717, 1.165) is 12.1 Å². The van der Waals surface area contributed by atoms with Crippen molar-refractivity contribution < 1.29 is 32.8 Å². The number of halogens is 2. The van der Waals surface area contributed by atoms with Crippen molar-refractivity contribution in [2.24, 2.45) is 0 Å². The van der Waals surface area contributed by atoms with Gasteiger partial charge in [0.05, 0.1) is 10.5 Å². The third kappa shape index (κ3) is 4.97. The molecule has 1 atom stereocenters. The molecule has 0 unspecified atom stereocenters. The maximum Gasteiger partial charge on any atom is 0.387 e. The second-order valence-electron chi connectivity index (χ2n) is 5.34. The highest BCUT2D eigenvalue weighted by Gasteiger charge is 2.23. The summed E-state index contributed by atoms with van der Waals surface area (Å²) in [5.74, 6) is -1.73. The average molecular weight is 380 g/mol. The van der Waals surface area contributed by atoms with E-state index in [4.69, 9.17) is 10.5 Å². The minimum atomic E-state index is -2.99. The molecule has 0 saturated carbocycles. The number of Topliss-reactive ketones (excluding diaryl/α,β-unsaturated/α-hetero) is 1. The Morgan fingerprint density at radius 1 is 1.15 bits per heavy atom. The van der Waals surface area contributed by atoms with Gasteiger partial charge in [0.15, 0.2) is 6.10 Å². The van der Waals surface area contributed by atoms with Gasteiger partial charge in [-0.05, 0) is 37.3 Å². The maximum absolute atomic E-state index is 12.3. The highest BCUT2D eigenvalue weighted by atomic mass is 19.3. The summed E-state index contributed by atoms with van der Waals surface area (Å²) in [6.07, 6.45) is -1.24. The summed E-state index contributed by atoms with van der Waals surface area (Å²) in [4.78, 5) is 34.6. The van der Waals surface area contributed by atoms with Crippen molar-refractivity contribution in [3.8, 4) is 5.75 Å². The molecule has 0 radical (unpaired) electrons. The zero-order valence-electron chi connectivity index (χ0n) is 13.9. The lowest BCUT2D eigenvalue weighted by Crippen LogP contribution is -2.25. The summed E-state index contributed by atoms with van der Waals surface area (Å²) >= 11 is 0. The number of ether oxygens (including phenoxy) is 2. The number of nitro benzene ring substituents is 1. The first-order chi connectivity index (χ1) is 12.7. The molecule has 2 rings (SSSR count). The zero-order valence-corrected chi connectivity index (χ0v) is 13.9. The average Bonchev–Trinajstić information content (AvgIpc) is 2.61. The molecule has 2 N–H and O–H groups in total. The Bertz CT molecular complexity index is 870. The fourth-order valence-corrected chi connectivity index (χ4v) is 2.15. The molecule has 27 heavy (non-hydrogen) atoms. The number of nitro groups is 1. The Morgan fingerprint density at radius 3 is 2.33 bits per heavy atom. The minimum absolute atomic E-state index is 0.0428. The number of benzene rings is 2. The van der Waals surface area contributed by atoms with Crippen LogP contribution in [0.1, 0.15) is 27.6 Å². The van der Waals surface area contributed by atoms with Crippen molar-refractivity contribution in [1.82, 2.24) is 0 Å². The number of esters is 1. The predicted molar refractivity (Wildman–Crippen MR) is 89.8 cm³/mol. The summed E-state index contributed by atoms with van der Waals surface area (Å²) < 4.78 is 33.4. The first kappa shape index (κ1) is 19.8. The van der Waals surface area contributed by atoms with Gasteiger partial charge in [-0.2, -0.15) is 8.78 Å². The van der Waals surface area contributed by atoms with Gasteiger partial charge in [-0.3, -0.25) is 14.9 Å². The van der Waals surface area contributed by atoms with Crippen molar-refractivity contribution in [3.05, 3.63) is 63.7 Å². The van der Waals surface area contributed by atoms with E-state index in [-0.39, 0.29) is 28.3 Å². The number of rotatable bonds is 7. The monoisotopic (exact) mass is 380 g/mol. The highest BCUT2D eigenvalue weighted by molar-refractivity contribution is 6.02. The van der Waals surface area contributed by atoms with Crippen LogP contribution in [0.5, 0.6) is 5.75 Å². The Hall–Kier alpha value is -3.56. The normalized spacial score (nSPS) is 11.7. The molecule has 0 fully saturated rings. The Balaban J connectivity index is 2.11. The molecule has 10 heteroatoms. The van der Waals surface area contributed by atoms with Crippen LogP contribution in [0.2, 0.25) is 0 Å². The number of nitrogens with zero attached hydrogens (tertiary/aromatic N) is 1. The summed E-state index contributed by atoms with van der Waals surface area (Å²) in [6.45, 7) is -1.69. The lowest BCUT2D eigenvalue weighted by atomic mass is 10.1. The van der Waals surface area contributed by atoms with Gasteiger partial charge in [0.25, 0.3) is 5.69 Å². The smallest absolute Gasteiger partial charge is 0.387 e. The van der Waals surface area contributed by atoms with Crippen LogP contribution in [0, 0.1) is 10.1 Å². The Labute approximate surface area is 151 Å². The van der Waals surface area contributed by atoms with E-state index in [9.17, 15) is 28.5 Å². The second kappa shape index (κ2) is 8.21. The fourth-order valence-electron chi connectivity index (χ4n) is 2.15. The number of non-ortho nitro benzene ring substituents is 1. The maximum atomic E-state index is 12.3. The predicted octanol–water partition coefficient (Wildman–Crippen LogP) is 3.21. The van der Waals surface area contributed by atoms with Gasteiger partial charge < -0.3 is 15.2 Å². The van der Waals surface area contributed by atoms with Crippen molar-refractivity contribution in [3.63, 3.8) is 0 Å². The SMILES string of the molecule is C[C@@H](OC(=O)c1cc([N+](=O)[O-])ccc1N)C(=O)c1ccc(OC(F)F)cc1. The second-order valence-corrected chi connectivity index (χ2v) is 5.34. The van der Waals surface area contributed by atoms with Gasteiger partial charge in [-0.25, -0.2) is 4.79 Å². The highest BCUT2D eigenvalue weighted by Crippen LogP contribution is 2.22. The molecule has 0 bridgehead atoms. The van der Waals surface area contributed by atoms with Gasteiger partial charge in [-0.1, -0.05) is 0 Å². The fraction of sp³-hybridized carbons (Fsp3) is 0.176. The van der Waals surface area contributed by atoms with Crippen LogP contribution in [-0.4, -0.2) is 29.4 Å². The van der Waals surface area contributed by atoms with Crippen LogP contribution >= 0.6 is 0 Å². The van der Waals surface area contributed by atoms with Gasteiger partial charge in [0.2, 0.25) is 5.78 Å². The van der Waals surface area contributed by atoms with Crippen molar-refractivity contribution in [2.45, 2.75) is 19.6 Å². The summed E-state index contributed by atoms with van der Waals surface area (Å²) in [5.41, 5.74) is 5.08. The van der Waals surface area contributed by atoms with Crippen molar-refractivity contribution in [1.29, 1.82) is 0 Å².